The van der Waals surface area contributed by atoms with E-state index in [0.29, 0.717) is 34.0 Å². The minimum atomic E-state index is -0.535. The van der Waals surface area contributed by atoms with Crippen molar-refractivity contribution in [3.63, 3.8) is 0 Å². The monoisotopic (exact) mass is 413 g/mol. The van der Waals surface area contributed by atoms with E-state index in [2.05, 4.69) is 32.6 Å². The van der Waals surface area contributed by atoms with Gasteiger partial charge in [-0.15, -0.1) is 0 Å². The number of aromatic nitrogens is 5. The van der Waals surface area contributed by atoms with Crippen molar-refractivity contribution in [2.45, 2.75) is 44.7 Å². The maximum atomic E-state index is 13.2. The van der Waals surface area contributed by atoms with Crippen molar-refractivity contribution in [3.05, 3.63) is 47.3 Å². The quantitative estimate of drug-likeness (QED) is 0.704. The van der Waals surface area contributed by atoms with Gasteiger partial charge in [0, 0.05) is 18.2 Å². The molecule has 1 N–H and O–H groups in total. The Labute approximate surface area is 172 Å². The molecule has 0 spiro atoms. The van der Waals surface area contributed by atoms with Crippen LogP contribution in [0.5, 0.6) is 0 Å². The second-order valence-electron chi connectivity index (χ2n) is 7.87. The molecule has 9 nitrogen and oxygen atoms in total. The van der Waals surface area contributed by atoms with E-state index in [4.69, 9.17) is 16.1 Å². The average molecular weight is 414 g/mol. The van der Waals surface area contributed by atoms with E-state index in [1.165, 1.54) is 4.80 Å². The maximum absolute atomic E-state index is 13.2. The van der Waals surface area contributed by atoms with Crippen molar-refractivity contribution in [2.75, 3.05) is 5.32 Å². The number of benzene rings is 1. The Morgan fingerprint density at radius 3 is 2.83 bits per heavy atom. The standard InChI is InChI=1S/C19H20ClN7O2/c1-11-7-14-10-19(9-11,17-23-12(2)25-29-17)26(14)18(28)24-13-3-4-15(20)16(8-13)27-21-5-6-22-27/h3-6,8,11,14H,7,9-10H2,1-2H3,(H,24,28)/t11-,14+,19-/m0/s1. The van der Waals surface area contributed by atoms with Crippen molar-refractivity contribution >= 4 is 23.3 Å². The number of nitrogens with zero attached hydrogens (tertiary/aromatic N) is 6. The van der Waals surface area contributed by atoms with Crippen LogP contribution in [-0.2, 0) is 5.54 Å². The molecule has 0 radical (unpaired) electrons. The Morgan fingerprint density at radius 1 is 1.31 bits per heavy atom. The van der Waals surface area contributed by atoms with Crippen molar-refractivity contribution in [1.82, 2.24) is 30.0 Å². The zero-order chi connectivity index (χ0) is 20.2. The number of anilines is 1. The van der Waals surface area contributed by atoms with Crippen LogP contribution in [0, 0.1) is 12.8 Å². The van der Waals surface area contributed by atoms with Gasteiger partial charge in [-0.2, -0.15) is 20.0 Å². The highest BCUT2D eigenvalue weighted by atomic mass is 35.5. The first-order chi connectivity index (χ1) is 14.0. The molecule has 2 amide bonds. The number of likely N-dealkylation sites (tertiary alicyclic amines) is 1. The first-order valence-corrected chi connectivity index (χ1v) is 9.91. The van der Waals surface area contributed by atoms with Crippen LogP contribution in [0.25, 0.3) is 5.69 Å². The van der Waals surface area contributed by atoms with Gasteiger partial charge in [0.1, 0.15) is 11.2 Å². The fraction of sp³-hybridized carbons (Fsp3) is 0.421. The van der Waals surface area contributed by atoms with Crippen LogP contribution in [0.2, 0.25) is 5.02 Å². The summed E-state index contributed by atoms with van der Waals surface area (Å²) in [6, 6.07) is 5.19. The number of nitrogens with one attached hydrogen (secondary N) is 1. The Morgan fingerprint density at radius 2 is 2.10 bits per heavy atom. The third kappa shape index (κ3) is 2.88. The molecule has 2 bridgehead atoms. The minimum absolute atomic E-state index is 0.158. The van der Waals surface area contributed by atoms with Crippen molar-refractivity contribution in [3.8, 4) is 5.69 Å². The van der Waals surface area contributed by atoms with E-state index in [0.717, 1.165) is 19.3 Å². The number of hydrogen-bond donors (Lipinski definition) is 1. The smallest absolute Gasteiger partial charge is 0.323 e. The van der Waals surface area contributed by atoms with Gasteiger partial charge in [0.25, 0.3) is 5.89 Å². The SMILES string of the molecule is Cc1noc([C@]23C[C@@H](C)C[C@H](C2)N3C(=O)Nc2ccc(Cl)c(-n3nccn3)c2)n1. The highest BCUT2D eigenvalue weighted by molar-refractivity contribution is 6.32. The van der Waals surface area contributed by atoms with E-state index < -0.39 is 5.54 Å². The molecule has 2 aromatic heterocycles. The van der Waals surface area contributed by atoms with Crippen molar-refractivity contribution in [1.29, 1.82) is 0 Å². The molecule has 0 unspecified atom stereocenters. The highest BCUT2D eigenvalue weighted by Gasteiger charge is 2.62. The summed E-state index contributed by atoms with van der Waals surface area (Å²) in [5.41, 5.74) is 0.669. The van der Waals surface area contributed by atoms with Gasteiger partial charge >= 0.3 is 6.03 Å². The number of aryl methyl sites for hydroxylation is 1. The highest BCUT2D eigenvalue weighted by Crippen LogP contribution is 2.55. The topological polar surface area (TPSA) is 102 Å². The average Bonchev–Trinajstić information content (AvgIpc) is 3.34. The predicted molar refractivity (Wildman–Crippen MR) is 105 cm³/mol. The largest absolute Gasteiger partial charge is 0.337 e. The van der Waals surface area contributed by atoms with E-state index in [1.54, 1.807) is 37.5 Å². The zero-order valence-electron chi connectivity index (χ0n) is 16.0. The summed E-state index contributed by atoms with van der Waals surface area (Å²) < 4.78 is 5.49. The van der Waals surface area contributed by atoms with Gasteiger partial charge in [0.2, 0.25) is 0 Å². The van der Waals surface area contributed by atoms with Crippen LogP contribution in [0.3, 0.4) is 0 Å². The van der Waals surface area contributed by atoms with Gasteiger partial charge in [-0.3, -0.25) is 0 Å². The third-order valence-electron chi connectivity index (χ3n) is 5.74. The van der Waals surface area contributed by atoms with Crippen LogP contribution in [-0.4, -0.2) is 42.1 Å². The lowest BCUT2D eigenvalue weighted by Gasteiger charge is -2.61. The second-order valence-corrected chi connectivity index (χ2v) is 8.27. The van der Waals surface area contributed by atoms with Crippen LogP contribution in [0.15, 0.2) is 35.1 Å². The lowest BCUT2D eigenvalue weighted by molar-refractivity contribution is -0.111. The molecule has 1 saturated heterocycles. The summed E-state index contributed by atoms with van der Waals surface area (Å²) in [5, 5.41) is 15.6. The summed E-state index contributed by atoms with van der Waals surface area (Å²) >= 11 is 6.27. The van der Waals surface area contributed by atoms with Crippen LogP contribution < -0.4 is 5.32 Å². The van der Waals surface area contributed by atoms with Gasteiger partial charge in [0.15, 0.2) is 5.82 Å². The molecule has 2 fully saturated rings. The van der Waals surface area contributed by atoms with E-state index in [9.17, 15) is 4.79 Å². The molecule has 1 aromatic carbocycles. The number of amides is 2. The first kappa shape index (κ1) is 18.1. The van der Waals surface area contributed by atoms with Gasteiger partial charge in [-0.1, -0.05) is 23.7 Å². The molecule has 2 aliphatic rings. The molecule has 150 valence electrons. The second kappa shape index (κ2) is 6.55. The van der Waals surface area contributed by atoms with Crippen LogP contribution >= 0.6 is 11.6 Å². The Bertz CT molecular complexity index is 1070. The van der Waals surface area contributed by atoms with Crippen LogP contribution in [0.4, 0.5) is 10.5 Å². The summed E-state index contributed by atoms with van der Waals surface area (Å²) in [5.74, 6) is 1.58. The molecule has 3 aromatic rings. The Balaban J connectivity index is 1.43. The number of rotatable bonds is 3. The van der Waals surface area contributed by atoms with Gasteiger partial charge in [-0.05, 0) is 43.9 Å². The van der Waals surface area contributed by atoms with Gasteiger partial charge < -0.3 is 14.7 Å². The number of urea groups is 1. The summed E-state index contributed by atoms with van der Waals surface area (Å²) in [6.45, 7) is 3.98. The molecular formula is C19H20ClN7O2. The fourth-order valence-electron chi connectivity index (χ4n) is 4.70. The zero-order valence-corrected chi connectivity index (χ0v) is 16.8. The van der Waals surface area contributed by atoms with Crippen LogP contribution in [0.1, 0.15) is 37.9 Å². The molecule has 1 saturated carbocycles. The number of carbonyl (C=O) groups is 1. The Hall–Kier alpha value is -2.94. The van der Waals surface area contributed by atoms with E-state index in [-0.39, 0.29) is 12.1 Å². The molecule has 3 heterocycles. The van der Waals surface area contributed by atoms with Gasteiger partial charge in [0.05, 0.1) is 17.4 Å². The minimum Gasteiger partial charge on any atom is -0.337 e. The molecule has 10 heteroatoms. The fourth-order valence-corrected chi connectivity index (χ4v) is 4.90. The molecule has 3 atom stereocenters. The van der Waals surface area contributed by atoms with Crippen molar-refractivity contribution < 1.29 is 9.32 Å². The lowest BCUT2D eigenvalue weighted by Crippen LogP contribution is -2.70. The maximum Gasteiger partial charge on any atom is 0.323 e. The van der Waals surface area contributed by atoms with Gasteiger partial charge in [-0.25, -0.2) is 4.79 Å². The summed E-state index contributed by atoms with van der Waals surface area (Å²) in [6.07, 6.45) is 5.75. The summed E-state index contributed by atoms with van der Waals surface area (Å²) in [7, 11) is 0. The van der Waals surface area contributed by atoms with E-state index in [1.807, 2.05) is 4.90 Å². The number of piperidine rings is 1. The predicted octanol–water partition coefficient (Wildman–Crippen LogP) is 3.54. The lowest BCUT2D eigenvalue weighted by atomic mass is 9.64. The summed E-state index contributed by atoms with van der Waals surface area (Å²) in [4.78, 5) is 21.0. The molecule has 1 aliphatic carbocycles. The molecule has 29 heavy (non-hydrogen) atoms. The van der Waals surface area contributed by atoms with Crippen molar-refractivity contribution in [2.24, 2.45) is 5.92 Å². The number of halogens is 1. The molecule has 5 rings (SSSR count). The number of fused-ring (bicyclic) bond motifs is 2. The normalized spacial score (nSPS) is 25.6. The first-order valence-electron chi connectivity index (χ1n) is 9.53. The molecule has 1 aliphatic heterocycles. The molecular weight excluding hydrogens is 394 g/mol. The third-order valence-corrected chi connectivity index (χ3v) is 6.06. The number of carbonyl (C=O) groups excluding carboxylic acids is 1. The Kier molecular flexibility index (Phi) is 4.09. The van der Waals surface area contributed by atoms with E-state index >= 15 is 0 Å². The number of hydrogen-bond acceptors (Lipinski definition) is 6.